The molecule has 0 saturated carbocycles. The van der Waals surface area contributed by atoms with Crippen molar-refractivity contribution in [1.82, 2.24) is 4.90 Å². The molecular weight excluding hydrogens is 230 g/mol. The minimum absolute atomic E-state index is 0.0512. The summed E-state index contributed by atoms with van der Waals surface area (Å²) in [6.45, 7) is 3.73. The minimum Gasteiger partial charge on any atom is -0.462 e. The first-order chi connectivity index (χ1) is 7.30. The molecule has 0 spiro atoms. The van der Waals surface area contributed by atoms with Gasteiger partial charge in [-0.25, -0.2) is 8.42 Å². The Hall–Kier alpha value is -0.620. The van der Waals surface area contributed by atoms with Gasteiger partial charge in [-0.3, -0.25) is 9.69 Å². The number of esters is 1. The van der Waals surface area contributed by atoms with E-state index in [4.69, 9.17) is 4.74 Å². The first-order valence-corrected chi connectivity index (χ1v) is 7.22. The molecule has 1 fully saturated rings. The van der Waals surface area contributed by atoms with Crippen molar-refractivity contribution in [3.05, 3.63) is 0 Å². The van der Waals surface area contributed by atoms with E-state index in [0.29, 0.717) is 6.42 Å². The fourth-order valence-electron chi connectivity index (χ4n) is 1.76. The molecule has 0 radical (unpaired) electrons. The summed E-state index contributed by atoms with van der Waals surface area (Å²) in [5, 5.41) is 0. The number of ether oxygens (including phenoxy) is 1. The molecule has 1 heterocycles. The summed E-state index contributed by atoms with van der Waals surface area (Å²) in [5.41, 5.74) is 0. The van der Waals surface area contributed by atoms with Crippen molar-refractivity contribution in [3.8, 4) is 0 Å². The third-order valence-electron chi connectivity index (χ3n) is 2.58. The van der Waals surface area contributed by atoms with Gasteiger partial charge in [0.05, 0.1) is 24.2 Å². The number of hydrogen-bond donors (Lipinski definition) is 0. The number of likely N-dealkylation sites (N-methyl/N-ethyl adjacent to an activating group) is 1. The van der Waals surface area contributed by atoms with Gasteiger partial charge in [0.2, 0.25) is 0 Å². The lowest BCUT2D eigenvalue weighted by Gasteiger charge is -2.22. The van der Waals surface area contributed by atoms with E-state index >= 15 is 0 Å². The van der Waals surface area contributed by atoms with Crippen LogP contribution in [0.3, 0.4) is 0 Å². The topological polar surface area (TPSA) is 63.7 Å². The molecule has 0 N–H and O–H groups in total. The second-order valence-electron chi connectivity index (χ2n) is 4.51. The predicted molar refractivity (Wildman–Crippen MR) is 60.9 cm³/mol. The molecule has 0 aromatic carbocycles. The van der Waals surface area contributed by atoms with Gasteiger partial charge in [0, 0.05) is 6.04 Å². The summed E-state index contributed by atoms with van der Waals surface area (Å²) in [7, 11) is -1.14. The van der Waals surface area contributed by atoms with Crippen LogP contribution in [0.25, 0.3) is 0 Å². The van der Waals surface area contributed by atoms with Gasteiger partial charge in [-0.05, 0) is 27.3 Å². The second-order valence-corrected chi connectivity index (χ2v) is 6.74. The lowest BCUT2D eigenvalue weighted by atomic mass is 10.2. The van der Waals surface area contributed by atoms with Gasteiger partial charge in [-0.2, -0.15) is 0 Å². The van der Waals surface area contributed by atoms with Crippen molar-refractivity contribution in [2.75, 3.05) is 25.1 Å². The Kier molecular flexibility index (Phi) is 4.32. The number of nitrogens with zero attached hydrogens (tertiary/aromatic N) is 1. The molecule has 94 valence electrons. The maximum atomic E-state index is 11.4. The van der Waals surface area contributed by atoms with E-state index in [1.54, 1.807) is 25.8 Å². The monoisotopic (exact) mass is 249 g/mol. The number of hydrogen-bond acceptors (Lipinski definition) is 5. The maximum Gasteiger partial charge on any atom is 0.320 e. The molecule has 0 amide bonds. The minimum atomic E-state index is -2.89. The molecule has 16 heavy (non-hydrogen) atoms. The molecule has 1 unspecified atom stereocenters. The Labute approximate surface area is 96.7 Å². The van der Waals surface area contributed by atoms with E-state index in [9.17, 15) is 13.2 Å². The normalized spacial score (nSPS) is 23.9. The van der Waals surface area contributed by atoms with Gasteiger partial charge >= 0.3 is 5.97 Å². The van der Waals surface area contributed by atoms with Crippen LogP contribution in [0.5, 0.6) is 0 Å². The smallest absolute Gasteiger partial charge is 0.320 e. The SMILES string of the molecule is CC(C)OC(=O)CN(C)C1CCS(=O)(=O)C1. The van der Waals surface area contributed by atoms with Gasteiger partial charge in [0.15, 0.2) is 9.84 Å². The highest BCUT2D eigenvalue weighted by atomic mass is 32.2. The standard InChI is InChI=1S/C10H19NO4S/c1-8(2)15-10(12)6-11(3)9-4-5-16(13,14)7-9/h8-9H,4-7H2,1-3H3. The predicted octanol–water partition coefficient (Wildman–Crippen LogP) is 0.0569. The number of carbonyl (C=O) groups is 1. The zero-order valence-electron chi connectivity index (χ0n) is 9.97. The maximum absolute atomic E-state index is 11.4. The van der Waals surface area contributed by atoms with Crippen LogP contribution in [-0.2, 0) is 19.4 Å². The van der Waals surface area contributed by atoms with Gasteiger partial charge in [0.1, 0.15) is 0 Å². The van der Waals surface area contributed by atoms with Crippen LogP contribution >= 0.6 is 0 Å². The summed E-state index contributed by atoms with van der Waals surface area (Å²) in [6.07, 6.45) is 0.474. The van der Waals surface area contributed by atoms with Crippen LogP contribution < -0.4 is 0 Å². The average Bonchev–Trinajstić information content (AvgIpc) is 2.44. The quantitative estimate of drug-likeness (QED) is 0.659. The molecule has 1 aliphatic heterocycles. The van der Waals surface area contributed by atoms with E-state index in [0.717, 1.165) is 0 Å². The van der Waals surface area contributed by atoms with Crippen molar-refractivity contribution >= 4 is 15.8 Å². The lowest BCUT2D eigenvalue weighted by Crippen LogP contribution is -2.37. The molecule has 6 heteroatoms. The van der Waals surface area contributed by atoms with Crippen molar-refractivity contribution in [3.63, 3.8) is 0 Å². The lowest BCUT2D eigenvalue weighted by molar-refractivity contribution is -0.148. The van der Waals surface area contributed by atoms with Crippen molar-refractivity contribution in [2.24, 2.45) is 0 Å². The Morgan fingerprint density at radius 2 is 2.12 bits per heavy atom. The summed E-state index contributed by atoms with van der Waals surface area (Å²) in [4.78, 5) is 13.1. The number of sulfone groups is 1. The second kappa shape index (κ2) is 5.14. The number of carbonyl (C=O) groups excluding carboxylic acids is 1. The van der Waals surface area contributed by atoms with Crippen LogP contribution in [-0.4, -0.2) is 56.5 Å². The first kappa shape index (κ1) is 13.4. The molecule has 0 aliphatic carbocycles. The molecular formula is C10H19NO4S. The highest BCUT2D eigenvalue weighted by Gasteiger charge is 2.31. The highest BCUT2D eigenvalue weighted by Crippen LogP contribution is 2.16. The van der Waals surface area contributed by atoms with E-state index in [-0.39, 0.29) is 36.2 Å². The molecule has 1 aliphatic rings. The van der Waals surface area contributed by atoms with Crippen molar-refractivity contribution in [1.29, 1.82) is 0 Å². The van der Waals surface area contributed by atoms with Crippen LogP contribution in [0, 0.1) is 0 Å². The Bertz CT molecular complexity index is 350. The Balaban J connectivity index is 2.42. The van der Waals surface area contributed by atoms with Crippen LogP contribution in [0.4, 0.5) is 0 Å². The van der Waals surface area contributed by atoms with E-state index in [1.807, 2.05) is 0 Å². The van der Waals surface area contributed by atoms with Crippen LogP contribution in [0.15, 0.2) is 0 Å². The van der Waals surface area contributed by atoms with Crippen LogP contribution in [0.2, 0.25) is 0 Å². The first-order valence-electron chi connectivity index (χ1n) is 5.40. The fourth-order valence-corrected chi connectivity index (χ4v) is 3.56. The number of rotatable bonds is 4. The molecule has 1 atom stereocenters. The van der Waals surface area contributed by atoms with E-state index < -0.39 is 9.84 Å². The van der Waals surface area contributed by atoms with E-state index in [2.05, 4.69) is 0 Å². The average molecular weight is 249 g/mol. The summed E-state index contributed by atoms with van der Waals surface area (Å²) in [6, 6.07) is -0.0512. The third kappa shape index (κ3) is 4.09. The molecule has 0 aromatic heterocycles. The van der Waals surface area contributed by atoms with Crippen molar-refractivity contribution in [2.45, 2.75) is 32.4 Å². The van der Waals surface area contributed by atoms with Crippen LogP contribution in [0.1, 0.15) is 20.3 Å². The van der Waals surface area contributed by atoms with Gasteiger partial charge in [-0.15, -0.1) is 0 Å². The Morgan fingerprint density at radius 1 is 1.50 bits per heavy atom. The van der Waals surface area contributed by atoms with Gasteiger partial charge < -0.3 is 4.74 Å². The van der Waals surface area contributed by atoms with Gasteiger partial charge in [0.25, 0.3) is 0 Å². The molecule has 5 nitrogen and oxygen atoms in total. The summed E-state index contributed by atoms with van der Waals surface area (Å²) < 4.78 is 27.5. The summed E-state index contributed by atoms with van der Waals surface area (Å²) in [5.74, 6) is 0.0708. The molecule has 1 rings (SSSR count). The van der Waals surface area contributed by atoms with E-state index in [1.165, 1.54) is 0 Å². The third-order valence-corrected chi connectivity index (χ3v) is 4.33. The highest BCUT2D eigenvalue weighted by molar-refractivity contribution is 7.91. The molecule has 0 bridgehead atoms. The largest absolute Gasteiger partial charge is 0.462 e. The Morgan fingerprint density at radius 3 is 2.56 bits per heavy atom. The summed E-state index contributed by atoms with van der Waals surface area (Å²) >= 11 is 0. The molecule has 1 saturated heterocycles. The zero-order valence-corrected chi connectivity index (χ0v) is 10.8. The zero-order chi connectivity index (χ0) is 12.3. The molecule has 0 aromatic rings. The van der Waals surface area contributed by atoms with Crippen molar-refractivity contribution < 1.29 is 17.9 Å². The fraction of sp³-hybridized carbons (Fsp3) is 0.900. The van der Waals surface area contributed by atoms with Gasteiger partial charge in [-0.1, -0.05) is 0 Å².